The first kappa shape index (κ1) is 17.7. The highest BCUT2D eigenvalue weighted by molar-refractivity contribution is 6.31. The fourth-order valence-electron chi connectivity index (χ4n) is 2.40. The van der Waals surface area contributed by atoms with Gasteiger partial charge in [-0.25, -0.2) is 0 Å². The van der Waals surface area contributed by atoms with Crippen LogP contribution in [-0.2, 0) is 11.8 Å². The van der Waals surface area contributed by atoms with Gasteiger partial charge in [0, 0.05) is 31.3 Å². The summed E-state index contributed by atoms with van der Waals surface area (Å²) in [5.41, 5.74) is 1.53. The Labute approximate surface area is 131 Å². The van der Waals surface area contributed by atoms with E-state index >= 15 is 0 Å². The average molecular weight is 314 g/mol. The van der Waals surface area contributed by atoms with Crippen LogP contribution in [0, 0.1) is 6.92 Å². The second kappa shape index (κ2) is 8.20. The van der Waals surface area contributed by atoms with Crippen molar-refractivity contribution in [2.75, 3.05) is 13.2 Å². The Kier molecular flexibility index (Phi) is 6.92. The second-order valence-electron chi connectivity index (χ2n) is 4.97. The normalized spacial score (nSPS) is 11.6. The number of aromatic nitrogens is 2. The lowest BCUT2D eigenvalue weighted by molar-refractivity contribution is -0.128. The van der Waals surface area contributed by atoms with Gasteiger partial charge in [0.05, 0.1) is 12.3 Å². The number of carbonyl (C=O) groups excluding carboxylic acids is 1. The predicted octanol–water partition coefficient (Wildman–Crippen LogP) is 2.40. The SMILES string of the molecule is CCC(CC)N(CCO)C(=O)C=Cc1c(C)nn(C)c1Cl. The lowest BCUT2D eigenvalue weighted by Gasteiger charge is -2.28. The van der Waals surface area contributed by atoms with E-state index in [2.05, 4.69) is 5.10 Å². The summed E-state index contributed by atoms with van der Waals surface area (Å²) in [4.78, 5) is 14.1. The van der Waals surface area contributed by atoms with E-state index in [-0.39, 0.29) is 18.6 Å². The van der Waals surface area contributed by atoms with Crippen LogP contribution in [-0.4, -0.2) is 44.9 Å². The van der Waals surface area contributed by atoms with Crippen LogP contribution in [0.25, 0.3) is 6.08 Å². The van der Waals surface area contributed by atoms with Crippen molar-refractivity contribution >= 4 is 23.6 Å². The number of halogens is 1. The van der Waals surface area contributed by atoms with E-state index in [4.69, 9.17) is 16.7 Å². The molecule has 0 atom stereocenters. The smallest absolute Gasteiger partial charge is 0.246 e. The van der Waals surface area contributed by atoms with E-state index in [1.807, 2.05) is 20.8 Å². The number of aliphatic hydroxyl groups is 1. The van der Waals surface area contributed by atoms with E-state index in [1.165, 1.54) is 6.08 Å². The summed E-state index contributed by atoms with van der Waals surface area (Å²) in [7, 11) is 1.76. The second-order valence-corrected chi connectivity index (χ2v) is 5.33. The Morgan fingerprint density at radius 1 is 1.48 bits per heavy atom. The first-order valence-electron chi connectivity index (χ1n) is 7.24. The maximum atomic E-state index is 12.4. The van der Waals surface area contributed by atoms with Crippen molar-refractivity contribution < 1.29 is 9.90 Å². The van der Waals surface area contributed by atoms with Crippen LogP contribution >= 0.6 is 11.6 Å². The molecule has 1 N–H and O–H groups in total. The zero-order valence-corrected chi connectivity index (χ0v) is 13.9. The van der Waals surface area contributed by atoms with Crippen LogP contribution in [0.15, 0.2) is 6.08 Å². The van der Waals surface area contributed by atoms with Crippen molar-refractivity contribution in [1.29, 1.82) is 0 Å². The van der Waals surface area contributed by atoms with Gasteiger partial charge in [0.1, 0.15) is 5.15 Å². The summed E-state index contributed by atoms with van der Waals surface area (Å²) in [5.74, 6) is -0.114. The predicted molar refractivity (Wildman–Crippen MR) is 85.2 cm³/mol. The Morgan fingerprint density at radius 3 is 2.52 bits per heavy atom. The largest absolute Gasteiger partial charge is 0.395 e. The third kappa shape index (κ3) is 4.32. The zero-order chi connectivity index (χ0) is 16.0. The van der Waals surface area contributed by atoms with Gasteiger partial charge in [0.2, 0.25) is 5.91 Å². The molecule has 0 unspecified atom stereocenters. The lowest BCUT2D eigenvalue weighted by Crippen LogP contribution is -2.40. The molecule has 0 aliphatic heterocycles. The molecule has 118 valence electrons. The molecule has 0 spiro atoms. The van der Waals surface area contributed by atoms with E-state index in [1.54, 1.807) is 22.7 Å². The first-order chi connectivity index (χ1) is 9.96. The van der Waals surface area contributed by atoms with Crippen molar-refractivity contribution in [3.05, 3.63) is 22.5 Å². The minimum Gasteiger partial charge on any atom is -0.395 e. The van der Waals surface area contributed by atoms with Crippen LogP contribution in [0.1, 0.15) is 37.9 Å². The quantitative estimate of drug-likeness (QED) is 0.786. The van der Waals surface area contributed by atoms with Crippen molar-refractivity contribution in [3.63, 3.8) is 0 Å². The minimum absolute atomic E-state index is 0.0389. The number of aliphatic hydroxyl groups excluding tert-OH is 1. The fraction of sp³-hybridized carbons (Fsp3) is 0.600. The Hall–Kier alpha value is -1.33. The van der Waals surface area contributed by atoms with Gasteiger partial charge in [-0.1, -0.05) is 25.4 Å². The Morgan fingerprint density at radius 2 is 2.10 bits per heavy atom. The molecule has 0 bridgehead atoms. The maximum absolute atomic E-state index is 12.4. The number of amides is 1. The number of hydrogen-bond donors (Lipinski definition) is 1. The molecule has 1 aromatic rings. The number of aryl methyl sites for hydroxylation is 2. The summed E-state index contributed by atoms with van der Waals surface area (Å²) < 4.78 is 1.58. The van der Waals surface area contributed by atoms with Gasteiger partial charge < -0.3 is 10.0 Å². The molecule has 0 saturated carbocycles. The molecule has 1 rings (SSSR count). The molecule has 1 amide bonds. The molecule has 0 aromatic carbocycles. The molecule has 0 saturated heterocycles. The average Bonchev–Trinajstić information content (AvgIpc) is 2.70. The van der Waals surface area contributed by atoms with Crippen LogP contribution in [0.5, 0.6) is 0 Å². The number of nitrogens with zero attached hydrogens (tertiary/aromatic N) is 3. The topological polar surface area (TPSA) is 58.4 Å². The molecular formula is C15H24ClN3O2. The van der Waals surface area contributed by atoms with E-state index in [0.29, 0.717) is 11.7 Å². The molecule has 1 aromatic heterocycles. The molecule has 0 fully saturated rings. The van der Waals surface area contributed by atoms with Crippen LogP contribution < -0.4 is 0 Å². The van der Waals surface area contributed by atoms with Gasteiger partial charge in [-0.3, -0.25) is 9.48 Å². The maximum Gasteiger partial charge on any atom is 0.246 e. The molecule has 21 heavy (non-hydrogen) atoms. The highest BCUT2D eigenvalue weighted by Gasteiger charge is 2.18. The minimum atomic E-state index is -0.114. The Bertz CT molecular complexity index is 507. The van der Waals surface area contributed by atoms with Gasteiger partial charge in [-0.15, -0.1) is 0 Å². The van der Waals surface area contributed by atoms with E-state index in [0.717, 1.165) is 24.1 Å². The highest BCUT2D eigenvalue weighted by Crippen LogP contribution is 2.20. The van der Waals surface area contributed by atoms with Gasteiger partial charge in [-0.2, -0.15) is 5.10 Å². The fourth-order valence-corrected chi connectivity index (χ4v) is 2.63. The van der Waals surface area contributed by atoms with Gasteiger partial charge >= 0.3 is 0 Å². The molecule has 6 heteroatoms. The van der Waals surface area contributed by atoms with Crippen molar-refractivity contribution in [2.45, 2.75) is 39.7 Å². The number of rotatable bonds is 7. The van der Waals surface area contributed by atoms with Crippen LogP contribution in [0.2, 0.25) is 5.15 Å². The molecule has 0 aliphatic carbocycles. The lowest BCUT2D eigenvalue weighted by atomic mass is 10.1. The van der Waals surface area contributed by atoms with Crippen LogP contribution in [0.3, 0.4) is 0 Å². The zero-order valence-electron chi connectivity index (χ0n) is 13.1. The molecule has 0 aliphatic rings. The van der Waals surface area contributed by atoms with Gasteiger partial charge in [0.25, 0.3) is 0 Å². The van der Waals surface area contributed by atoms with Crippen molar-refractivity contribution in [3.8, 4) is 0 Å². The van der Waals surface area contributed by atoms with Gasteiger partial charge in [-0.05, 0) is 25.8 Å². The molecule has 1 heterocycles. The van der Waals surface area contributed by atoms with E-state index in [9.17, 15) is 4.79 Å². The highest BCUT2D eigenvalue weighted by atomic mass is 35.5. The summed E-state index contributed by atoms with van der Waals surface area (Å²) in [6, 6.07) is 0.139. The number of carbonyl (C=O) groups is 1. The third-order valence-corrected chi connectivity index (χ3v) is 4.04. The summed E-state index contributed by atoms with van der Waals surface area (Å²) in [5, 5.41) is 13.9. The monoisotopic (exact) mass is 313 g/mol. The van der Waals surface area contributed by atoms with Gasteiger partial charge in [0.15, 0.2) is 0 Å². The third-order valence-electron chi connectivity index (χ3n) is 3.60. The summed E-state index contributed by atoms with van der Waals surface area (Å²) >= 11 is 6.14. The number of hydrogen-bond acceptors (Lipinski definition) is 3. The van der Waals surface area contributed by atoms with E-state index < -0.39 is 0 Å². The molecule has 5 nitrogen and oxygen atoms in total. The summed E-state index contributed by atoms with van der Waals surface area (Å²) in [6.45, 7) is 6.23. The van der Waals surface area contributed by atoms with Crippen LogP contribution in [0.4, 0.5) is 0 Å². The molecule has 0 radical (unpaired) electrons. The van der Waals surface area contributed by atoms with Crippen molar-refractivity contribution in [2.24, 2.45) is 7.05 Å². The summed E-state index contributed by atoms with van der Waals surface area (Å²) in [6.07, 6.45) is 4.93. The standard InChI is InChI=1S/C15H24ClN3O2/c1-5-12(6-2)19(9-10-20)14(21)8-7-13-11(3)17-18(4)15(13)16/h7-8,12,20H,5-6,9-10H2,1-4H3. The Balaban J connectivity index is 2.92. The first-order valence-corrected chi connectivity index (χ1v) is 7.62. The molecular weight excluding hydrogens is 290 g/mol. The van der Waals surface area contributed by atoms with Crippen molar-refractivity contribution in [1.82, 2.24) is 14.7 Å².